The molecule has 2 saturated heterocycles. The summed E-state index contributed by atoms with van der Waals surface area (Å²) >= 11 is 0. The van der Waals surface area contributed by atoms with Gasteiger partial charge in [-0.05, 0) is 31.0 Å². The molecule has 4 heterocycles. The highest BCUT2D eigenvalue weighted by Gasteiger charge is 2.51. The van der Waals surface area contributed by atoms with E-state index >= 15 is 0 Å². The van der Waals surface area contributed by atoms with Gasteiger partial charge in [0.25, 0.3) is 12.4 Å². The van der Waals surface area contributed by atoms with Crippen LogP contribution in [0, 0.1) is 5.41 Å². The molecule has 5 rings (SSSR count). The maximum Gasteiger partial charge on any atom is 0.312 e. The summed E-state index contributed by atoms with van der Waals surface area (Å²) in [5, 5.41) is 6.89. The van der Waals surface area contributed by atoms with Gasteiger partial charge >= 0.3 is 5.97 Å². The lowest BCUT2D eigenvalue weighted by Crippen LogP contribution is -2.45. The number of esters is 1. The Hall–Kier alpha value is -3.95. The van der Waals surface area contributed by atoms with Gasteiger partial charge in [0.1, 0.15) is 11.8 Å². The van der Waals surface area contributed by atoms with E-state index in [1.807, 2.05) is 28.8 Å². The van der Waals surface area contributed by atoms with Gasteiger partial charge in [0.15, 0.2) is 0 Å². The number of pyridine rings is 1. The Morgan fingerprint density at radius 3 is 2.64 bits per heavy atom. The van der Waals surface area contributed by atoms with Crippen molar-refractivity contribution in [3.05, 3.63) is 64.8 Å². The third-order valence-corrected chi connectivity index (χ3v) is 6.26. The minimum absolute atomic E-state index is 0.169. The topological polar surface area (TPSA) is 135 Å². The van der Waals surface area contributed by atoms with E-state index in [9.17, 15) is 14.4 Å². The Morgan fingerprint density at radius 1 is 1.18 bits per heavy atom. The number of hydrogen-bond donors (Lipinski definition) is 2. The number of aromatic amines is 1. The average molecular weight is 452 g/mol. The molecule has 2 N–H and O–H groups in total. The van der Waals surface area contributed by atoms with Gasteiger partial charge in [0, 0.05) is 25.6 Å². The molecule has 0 saturated carbocycles. The Morgan fingerprint density at radius 2 is 1.91 bits per heavy atom. The summed E-state index contributed by atoms with van der Waals surface area (Å²) in [5.41, 5.74) is 1.37. The van der Waals surface area contributed by atoms with E-state index in [1.165, 1.54) is 6.07 Å². The number of rotatable bonds is 3. The van der Waals surface area contributed by atoms with Gasteiger partial charge in [-0.2, -0.15) is 0 Å². The largest absolute Gasteiger partial charge is 0.483 e. The minimum Gasteiger partial charge on any atom is -0.483 e. The molecule has 10 nitrogen and oxygen atoms in total. The molecule has 33 heavy (non-hydrogen) atoms. The number of imidazole rings is 1. The zero-order valence-corrected chi connectivity index (χ0v) is 17.8. The zero-order valence-electron chi connectivity index (χ0n) is 17.8. The highest BCUT2D eigenvalue weighted by Crippen LogP contribution is 2.43. The van der Waals surface area contributed by atoms with Crippen LogP contribution in [0.5, 0.6) is 0 Å². The lowest BCUT2D eigenvalue weighted by molar-refractivity contribution is -0.150. The van der Waals surface area contributed by atoms with Crippen LogP contribution >= 0.6 is 0 Å². The van der Waals surface area contributed by atoms with E-state index in [4.69, 9.17) is 14.6 Å². The molecule has 1 amide bonds. The van der Waals surface area contributed by atoms with E-state index in [-0.39, 0.29) is 35.7 Å². The fraction of sp³-hybridized carbons (Fsp3) is 0.348. The van der Waals surface area contributed by atoms with Crippen molar-refractivity contribution in [2.45, 2.75) is 31.9 Å². The quantitative estimate of drug-likeness (QED) is 0.456. The number of carbonyl (C=O) groups is 3. The van der Waals surface area contributed by atoms with E-state index < -0.39 is 5.41 Å². The second-order valence-electron chi connectivity index (χ2n) is 8.22. The number of ether oxygens (including phenoxy) is 1. The molecule has 2 fully saturated rings. The molecule has 1 aromatic carbocycles. The molecule has 0 bridgehead atoms. The van der Waals surface area contributed by atoms with Crippen molar-refractivity contribution >= 4 is 29.4 Å². The van der Waals surface area contributed by atoms with Crippen molar-refractivity contribution in [3.63, 3.8) is 0 Å². The number of nitrogens with zero attached hydrogens (tertiary/aromatic N) is 3. The van der Waals surface area contributed by atoms with E-state index in [2.05, 4.69) is 9.97 Å². The van der Waals surface area contributed by atoms with Crippen molar-refractivity contribution in [2.75, 3.05) is 13.1 Å². The van der Waals surface area contributed by atoms with Crippen LogP contribution in [0.25, 0.3) is 11.0 Å². The fourth-order valence-electron chi connectivity index (χ4n) is 4.60. The molecular weight excluding hydrogens is 428 g/mol. The number of hydrogen-bond acceptors (Lipinski definition) is 6. The molecule has 2 aromatic heterocycles. The van der Waals surface area contributed by atoms with Gasteiger partial charge in [-0.3, -0.25) is 19.2 Å². The second kappa shape index (κ2) is 9.27. The van der Waals surface area contributed by atoms with Crippen LogP contribution in [0.4, 0.5) is 0 Å². The highest BCUT2D eigenvalue weighted by molar-refractivity contribution is 5.92. The van der Waals surface area contributed by atoms with Gasteiger partial charge in [0.2, 0.25) is 5.56 Å². The van der Waals surface area contributed by atoms with E-state index in [0.717, 1.165) is 11.0 Å². The zero-order chi connectivity index (χ0) is 23.4. The van der Waals surface area contributed by atoms with Crippen LogP contribution in [0.1, 0.15) is 29.8 Å². The molecule has 10 heteroatoms. The van der Waals surface area contributed by atoms with Gasteiger partial charge in [-0.15, -0.1) is 0 Å². The standard InChI is InChI=1S/C22H22N4O4.CH2O2/c27-19-7-3-5-17(24-19)20(28)25-10-8-22(9-11-25)12-15(30-21(22)29)13-26-14-23-16-4-1-2-6-18(16)26;2-1-3/h1-7,14-15H,8-13H2,(H,24,27);1H,(H,2,3). The summed E-state index contributed by atoms with van der Waals surface area (Å²) in [6, 6.07) is 12.4. The Bertz CT molecular complexity index is 1220. The van der Waals surface area contributed by atoms with Crippen molar-refractivity contribution in [2.24, 2.45) is 5.41 Å². The number of carbonyl (C=O) groups excluding carboxylic acids is 2. The molecule has 3 aromatic rings. The monoisotopic (exact) mass is 452 g/mol. The van der Waals surface area contributed by atoms with E-state index in [0.29, 0.717) is 38.9 Å². The number of benzene rings is 1. The number of aromatic nitrogens is 3. The first kappa shape index (κ1) is 22.3. The number of amides is 1. The summed E-state index contributed by atoms with van der Waals surface area (Å²) in [4.78, 5) is 53.9. The van der Waals surface area contributed by atoms with Gasteiger partial charge < -0.3 is 24.3 Å². The predicted octanol–water partition coefficient (Wildman–Crippen LogP) is 1.66. The van der Waals surface area contributed by atoms with Crippen LogP contribution in [-0.2, 0) is 20.9 Å². The first-order valence-electron chi connectivity index (χ1n) is 10.6. The molecule has 0 radical (unpaired) electrons. The molecule has 1 spiro atoms. The van der Waals surface area contributed by atoms with Crippen LogP contribution in [0.15, 0.2) is 53.6 Å². The maximum absolute atomic E-state index is 12.7. The van der Waals surface area contributed by atoms with Crippen LogP contribution in [0.2, 0.25) is 0 Å². The van der Waals surface area contributed by atoms with Crippen molar-refractivity contribution in [1.82, 2.24) is 19.4 Å². The number of para-hydroxylation sites is 2. The van der Waals surface area contributed by atoms with Gasteiger partial charge in [-0.1, -0.05) is 18.2 Å². The number of nitrogens with one attached hydrogen (secondary N) is 1. The predicted molar refractivity (Wildman–Crippen MR) is 118 cm³/mol. The van der Waals surface area contributed by atoms with E-state index in [1.54, 1.807) is 23.4 Å². The maximum atomic E-state index is 12.7. The second-order valence-corrected chi connectivity index (χ2v) is 8.22. The summed E-state index contributed by atoms with van der Waals surface area (Å²) in [5.74, 6) is -0.382. The SMILES string of the molecule is O=C(c1cccc(=O)[nH]1)N1CCC2(CC1)CC(Cn1cnc3ccccc31)OC2=O.O=CO. The summed E-state index contributed by atoms with van der Waals surface area (Å²) in [7, 11) is 0. The number of H-pyrrole nitrogens is 1. The molecule has 0 aliphatic carbocycles. The lowest BCUT2D eigenvalue weighted by atomic mass is 9.76. The Balaban J connectivity index is 0.000000821. The third-order valence-electron chi connectivity index (χ3n) is 6.26. The molecule has 2 aliphatic rings. The smallest absolute Gasteiger partial charge is 0.312 e. The van der Waals surface area contributed by atoms with Gasteiger partial charge in [0.05, 0.1) is 29.3 Å². The molecule has 1 atom stereocenters. The Labute approximate surface area is 188 Å². The molecule has 2 aliphatic heterocycles. The Kier molecular flexibility index (Phi) is 6.25. The first-order chi connectivity index (χ1) is 16.0. The summed E-state index contributed by atoms with van der Waals surface area (Å²) in [6.07, 6.45) is 3.35. The first-order valence-corrected chi connectivity index (χ1v) is 10.6. The number of likely N-dealkylation sites (tertiary alicyclic amines) is 1. The highest BCUT2D eigenvalue weighted by atomic mass is 16.6. The number of cyclic esters (lactones) is 1. The van der Waals surface area contributed by atoms with Crippen molar-refractivity contribution < 1.29 is 24.2 Å². The lowest BCUT2D eigenvalue weighted by Gasteiger charge is -2.36. The normalized spacial score (nSPS) is 19.1. The fourth-order valence-corrected chi connectivity index (χ4v) is 4.60. The number of carboxylic acid groups (broad SMARTS) is 1. The van der Waals surface area contributed by atoms with Crippen LogP contribution in [-0.4, -0.2) is 62.1 Å². The number of piperidine rings is 1. The third kappa shape index (κ3) is 4.50. The summed E-state index contributed by atoms with van der Waals surface area (Å²) < 4.78 is 7.76. The van der Waals surface area contributed by atoms with Gasteiger partial charge in [-0.25, -0.2) is 4.98 Å². The molecule has 1 unspecified atom stereocenters. The number of fused-ring (bicyclic) bond motifs is 1. The molecular formula is C23H24N4O6. The van der Waals surface area contributed by atoms with Crippen molar-refractivity contribution in [1.29, 1.82) is 0 Å². The van der Waals surface area contributed by atoms with Crippen LogP contribution < -0.4 is 5.56 Å². The molecule has 172 valence electrons. The van der Waals surface area contributed by atoms with Crippen molar-refractivity contribution in [3.8, 4) is 0 Å². The van der Waals surface area contributed by atoms with Crippen LogP contribution in [0.3, 0.4) is 0 Å². The average Bonchev–Trinajstić information content (AvgIpc) is 3.35. The minimum atomic E-state index is -0.540. The summed E-state index contributed by atoms with van der Waals surface area (Å²) in [6.45, 7) is 1.25.